The van der Waals surface area contributed by atoms with E-state index in [0.717, 1.165) is 24.6 Å². The summed E-state index contributed by atoms with van der Waals surface area (Å²) in [6.45, 7) is 2.43. The molecule has 8 nitrogen and oxygen atoms in total. The van der Waals surface area contributed by atoms with Crippen LogP contribution in [0.25, 0.3) is 5.69 Å². The third-order valence-corrected chi connectivity index (χ3v) is 5.00. The second-order valence-corrected chi connectivity index (χ2v) is 6.75. The molecule has 136 valence electrons. The van der Waals surface area contributed by atoms with Crippen molar-refractivity contribution in [3.8, 4) is 11.6 Å². The SMILES string of the molecule is O=C1c2cn(-c3ccc(N4CCCC4)nc3)nc2CN1c1cccc(O)n1. The minimum Gasteiger partial charge on any atom is -0.493 e. The third kappa shape index (κ3) is 2.69. The molecule has 2 aliphatic rings. The molecule has 5 heterocycles. The Morgan fingerprint density at radius 3 is 2.59 bits per heavy atom. The van der Waals surface area contributed by atoms with Crippen LogP contribution in [-0.4, -0.2) is 43.9 Å². The molecule has 0 atom stereocenters. The van der Waals surface area contributed by atoms with Gasteiger partial charge in [0.15, 0.2) is 0 Å². The Bertz CT molecular complexity index is 1010. The van der Waals surface area contributed by atoms with E-state index in [1.807, 2.05) is 12.1 Å². The van der Waals surface area contributed by atoms with E-state index in [4.69, 9.17) is 0 Å². The number of rotatable bonds is 3. The molecular formula is C19H18N6O2. The van der Waals surface area contributed by atoms with Gasteiger partial charge in [-0.25, -0.2) is 9.67 Å². The Labute approximate surface area is 155 Å². The molecule has 0 unspecified atom stereocenters. The topological polar surface area (TPSA) is 87.4 Å². The smallest absolute Gasteiger partial charge is 0.263 e. The summed E-state index contributed by atoms with van der Waals surface area (Å²) in [6, 6.07) is 8.80. The fraction of sp³-hybridized carbons (Fsp3) is 0.263. The van der Waals surface area contributed by atoms with Crippen molar-refractivity contribution < 1.29 is 9.90 Å². The van der Waals surface area contributed by atoms with Gasteiger partial charge in [0.1, 0.15) is 11.6 Å². The Morgan fingerprint density at radius 1 is 1.04 bits per heavy atom. The molecule has 0 aromatic carbocycles. The highest BCUT2D eigenvalue weighted by Crippen LogP contribution is 2.28. The molecule has 27 heavy (non-hydrogen) atoms. The largest absolute Gasteiger partial charge is 0.493 e. The summed E-state index contributed by atoms with van der Waals surface area (Å²) in [4.78, 5) is 25.0. The van der Waals surface area contributed by atoms with Crippen molar-refractivity contribution >= 4 is 17.5 Å². The standard InChI is InChI=1S/C19H18N6O2/c26-18-5-3-4-17(21-18)24-12-15-14(19(24)27)11-25(22-15)13-6-7-16(20-10-13)23-8-1-2-9-23/h3-7,10-11H,1-2,8-9,12H2,(H,21,26). The molecule has 1 saturated heterocycles. The zero-order valence-corrected chi connectivity index (χ0v) is 14.6. The van der Waals surface area contributed by atoms with E-state index >= 15 is 0 Å². The van der Waals surface area contributed by atoms with Gasteiger partial charge < -0.3 is 10.0 Å². The van der Waals surface area contributed by atoms with Crippen LogP contribution in [0.3, 0.4) is 0 Å². The number of anilines is 2. The van der Waals surface area contributed by atoms with Crippen molar-refractivity contribution in [3.05, 3.63) is 54.0 Å². The quantitative estimate of drug-likeness (QED) is 0.768. The van der Waals surface area contributed by atoms with Crippen LogP contribution in [0.1, 0.15) is 28.9 Å². The van der Waals surface area contributed by atoms with Crippen molar-refractivity contribution in [3.63, 3.8) is 0 Å². The summed E-state index contributed by atoms with van der Waals surface area (Å²) < 4.78 is 1.69. The highest BCUT2D eigenvalue weighted by atomic mass is 16.3. The number of pyridine rings is 2. The average molecular weight is 362 g/mol. The molecule has 0 bridgehead atoms. The predicted octanol–water partition coefficient (Wildman–Crippen LogP) is 2.13. The van der Waals surface area contributed by atoms with Crippen LogP contribution >= 0.6 is 0 Å². The molecule has 5 rings (SSSR count). The summed E-state index contributed by atoms with van der Waals surface area (Å²) in [5, 5.41) is 14.1. The number of carbonyl (C=O) groups is 1. The number of amides is 1. The molecule has 1 amide bonds. The van der Waals surface area contributed by atoms with Crippen LogP contribution in [-0.2, 0) is 6.54 Å². The maximum Gasteiger partial charge on any atom is 0.263 e. The number of carbonyl (C=O) groups excluding carboxylic acids is 1. The zero-order chi connectivity index (χ0) is 18.4. The summed E-state index contributed by atoms with van der Waals surface area (Å²) in [6.07, 6.45) is 5.94. The number of aromatic hydroxyl groups is 1. The fourth-order valence-corrected chi connectivity index (χ4v) is 3.60. The van der Waals surface area contributed by atoms with E-state index in [0.29, 0.717) is 23.6 Å². The molecule has 1 fully saturated rings. The van der Waals surface area contributed by atoms with E-state index in [1.165, 1.54) is 23.8 Å². The van der Waals surface area contributed by atoms with Crippen LogP contribution in [0.2, 0.25) is 0 Å². The first-order chi connectivity index (χ1) is 13.2. The second kappa shape index (κ2) is 6.08. The van der Waals surface area contributed by atoms with Gasteiger partial charge in [0.2, 0.25) is 5.88 Å². The number of hydrogen-bond acceptors (Lipinski definition) is 6. The molecular weight excluding hydrogens is 344 g/mol. The van der Waals surface area contributed by atoms with Crippen molar-refractivity contribution in [2.45, 2.75) is 19.4 Å². The van der Waals surface area contributed by atoms with E-state index < -0.39 is 0 Å². The lowest BCUT2D eigenvalue weighted by atomic mass is 10.3. The van der Waals surface area contributed by atoms with Gasteiger partial charge in [-0.2, -0.15) is 10.1 Å². The Kier molecular flexibility index (Phi) is 3.56. The minimum atomic E-state index is -0.170. The Balaban J connectivity index is 1.39. The van der Waals surface area contributed by atoms with Crippen LogP contribution < -0.4 is 9.80 Å². The van der Waals surface area contributed by atoms with Crippen LogP contribution in [0.4, 0.5) is 11.6 Å². The predicted molar refractivity (Wildman–Crippen MR) is 99.2 cm³/mol. The highest BCUT2D eigenvalue weighted by Gasteiger charge is 2.32. The van der Waals surface area contributed by atoms with Crippen LogP contribution in [0.15, 0.2) is 42.7 Å². The van der Waals surface area contributed by atoms with E-state index in [9.17, 15) is 9.90 Å². The first kappa shape index (κ1) is 15.8. The minimum absolute atomic E-state index is 0.112. The van der Waals surface area contributed by atoms with Gasteiger partial charge in [-0.1, -0.05) is 6.07 Å². The van der Waals surface area contributed by atoms with Gasteiger partial charge in [0.25, 0.3) is 5.91 Å². The number of nitrogens with zero attached hydrogens (tertiary/aromatic N) is 6. The molecule has 2 aliphatic heterocycles. The van der Waals surface area contributed by atoms with Gasteiger partial charge in [-0.15, -0.1) is 0 Å². The van der Waals surface area contributed by atoms with Crippen LogP contribution in [0, 0.1) is 0 Å². The second-order valence-electron chi connectivity index (χ2n) is 6.75. The van der Waals surface area contributed by atoms with Crippen molar-refractivity contribution in [1.29, 1.82) is 0 Å². The lowest BCUT2D eigenvalue weighted by molar-refractivity contribution is 0.0995. The monoisotopic (exact) mass is 362 g/mol. The average Bonchev–Trinajstić information content (AvgIpc) is 3.40. The van der Waals surface area contributed by atoms with Gasteiger partial charge in [-0.3, -0.25) is 9.69 Å². The van der Waals surface area contributed by atoms with Crippen molar-refractivity contribution in [2.75, 3.05) is 22.9 Å². The molecule has 0 saturated carbocycles. The maximum atomic E-state index is 12.7. The summed E-state index contributed by atoms with van der Waals surface area (Å²) in [5.74, 6) is 1.12. The normalized spacial score (nSPS) is 16.2. The summed E-state index contributed by atoms with van der Waals surface area (Å²) in [7, 11) is 0. The number of aromatic nitrogens is 4. The molecule has 3 aromatic heterocycles. The first-order valence-corrected chi connectivity index (χ1v) is 8.97. The van der Waals surface area contributed by atoms with Gasteiger partial charge in [0.05, 0.1) is 29.7 Å². The molecule has 8 heteroatoms. The lowest BCUT2D eigenvalue weighted by Crippen LogP contribution is -2.24. The third-order valence-electron chi connectivity index (χ3n) is 5.00. The van der Waals surface area contributed by atoms with Gasteiger partial charge in [-0.05, 0) is 31.0 Å². The van der Waals surface area contributed by atoms with Crippen LogP contribution in [0.5, 0.6) is 5.88 Å². The number of hydrogen-bond donors (Lipinski definition) is 1. The Hall–Kier alpha value is -3.42. The van der Waals surface area contributed by atoms with Gasteiger partial charge in [0, 0.05) is 25.4 Å². The number of fused-ring (bicyclic) bond motifs is 1. The lowest BCUT2D eigenvalue weighted by Gasteiger charge is -2.16. The summed E-state index contributed by atoms with van der Waals surface area (Å²) in [5.41, 5.74) is 2.06. The molecule has 0 radical (unpaired) electrons. The summed E-state index contributed by atoms with van der Waals surface area (Å²) >= 11 is 0. The van der Waals surface area contributed by atoms with Gasteiger partial charge >= 0.3 is 0 Å². The Morgan fingerprint density at radius 2 is 1.89 bits per heavy atom. The van der Waals surface area contributed by atoms with Crippen molar-refractivity contribution in [2.24, 2.45) is 0 Å². The molecule has 3 aromatic rings. The molecule has 0 spiro atoms. The van der Waals surface area contributed by atoms with E-state index in [2.05, 4.69) is 20.0 Å². The zero-order valence-electron chi connectivity index (χ0n) is 14.6. The van der Waals surface area contributed by atoms with E-state index in [1.54, 1.807) is 29.2 Å². The maximum absolute atomic E-state index is 12.7. The molecule has 1 N–H and O–H groups in total. The molecule has 0 aliphatic carbocycles. The van der Waals surface area contributed by atoms with E-state index in [-0.39, 0.29) is 11.8 Å². The first-order valence-electron chi connectivity index (χ1n) is 8.97. The fourth-order valence-electron chi connectivity index (χ4n) is 3.60. The highest BCUT2D eigenvalue weighted by molar-refractivity contribution is 6.09. The van der Waals surface area contributed by atoms with Crippen molar-refractivity contribution in [1.82, 2.24) is 19.7 Å².